The van der Waals surface area contributed by atoms with E-state index < -0.39 is 39.7 Å². The summed E-state index contributed by atoms with van der Waals surface area (Å²) >= 11 is 0. The molecule has 3 aromatic rings. The standard InChI is InChI=1S/C29H27FN4O4S/c30-23-8-12-26(13-9-23)39(37,38)34(25-14-16-32(17-15-25)20-22-4-2-1-3-5-22)27-18-28(35)33(29(27)36)24-10-6-21(19-31)7-11-24/h1-13,25,27H,14-18,20H2. The zero-order valence-electron chi connectivity index (χ0n) is 21.1. The summed E-state index contributed by atoms with van der Waals surface area (Å²) in [5, 5.41) is 9.08. The van der Waals surface area contributed by atoms with Crippen LogP contribution in [0.25, 0.3) is 0 Å². The van der Waals surface area contributed by atoms with Gasteiger partial charge in [0.25, 0.3) is 5.91 Å². The molecule has 0 bridgehead atoms. The highest BCUT2D eigenvalue weighted by Gasteiger charge is 2.49. The number of carbonyl (C=O) groups is 2. The zero-order chi connectivity index (χ0) is 27.6. The van der Waals surface area contributed by atoms with Crippen molar-refractivity contribution in [2.45, 2.75) is 42.8 Å². The van der Waals surface area contributed by atoms with Crippen molar-refractivity contribution in [3.8, 4) is 6.07 Å². The Kier molecular flexibility index (Phi) is 7.57. The van der Waals surface area contributed by atoms with E-state index in [1.54, 1.807) is 0 Å². The van der Waals surface area contributed by atoms with E-state index in [0.717, 1.165) is 29.1 Å². The Morgan fingerprint density at radius 1 is 0.923 bits per heavy atom. The lowest BCUT2D eigenvalue weighted by molar-refractivity contribution is -0.122. The summed E-state index contributed by atoms with van der Waals surface area (Å²) in [6.07, 6.45) is 0.647. The van der Waals surface area contributed by atoms with E-state index in [4.69, 9.17) is 5.26 Å². The van der Waals surface area contributed by atoms with Crippen LogP contribution in [-0.4, -0.2) is 54.6 Å². The van der Waals surface area contributed by atoms with E-state index >= 15 is 0 Å². The van der Waals surface area contributed by atoms with Crippen molar-refractivity contribution in [1.29, 1.82) is 5.26 Å². The SMILES string of the molecule is N#Cc1ccc(N2C(=O)CC(N(C3CCN(Cc4ccccc4)CC3)S(=O)(=O)c3ccc(F)cc3)C2=O)cc1. The highest BCUT2D eigenvalue weighted by atomic mass is 32.2. The third-order valence-corrected chi connectivity index (χ3v) is 9.22. The molecule has 3 aromatic carbocycles. The fourth-order valence-electron chi connectivity index (χ4n) is 5.29. The molecule has 200 valence electrons. The van der Waals surface area contributed by atoms with E-state index in [9.17, 15) is 22.4 Å². The molecule has 2 saturated heterocycles. The van der Waals surface area contributed by atoms with Crippen LogP contribution in [0.4, 0.5) is 10.1 Å². The summed E-state index contributed by atoms with van der Waals surface area (Å²) in [7, 11) is -4.24. The van der Waals surface area contributed by atoms with Gasteiger partial charge in [-0.1, -0.05) is 30.3 Å². The van der Waals surface area contributed by atoms with Gasteiger partial charge in [0.2, 0.25) is 15.9 Å². The van der Waals surface area contributed by atoms with E-state index in [1.807, 2.05) is 36.4 Å². The van der Waals surface area contributed by atoms with Gasteiger partial charge in [-0.3, -0.25) is 14.5 Å². The maximum Gasteiger partial charge on any atom is 0.252 e. The Labute approximate surface area is 226 Å². The predicted octanol–water partition coefficient (Wildman–Crippen LogP) is 3.68. The number of hydrogen-bond donors (Lipinski definition) is 0. The van der Waals surface area contributed by atoms with Gasteiger partial charge in [-0.05, 0) is 66.9 Å². The summed E-state index contributed by atoms with van der Waals surface area (Å²) in [5.74, 6) is -1.73. The number of rotatable bonds is 7. The maximum atomic E-state index is 14.0. The van der Waals surface area contributed by atoms with Gasteiger partial charge in [-0.2, -0.15) is 9.57 Å². The van der Waals surface area contributed by atoms with Crippen LogP contribution >= 0.6 is 0 Å². The van der Waals surface area contributed by atoms with E-state index in [-0.39, 0.29) is 17.0 Å². The van der Waals surface area contributed by atoms with Gasteiger partial charge < -0.3 is 0 Å². The first-order valence-electron chi connectivity index (χ1n) is 12.7. The molecule has 1 atom stereocenters. The molecule has 0 radical (unpaired) electrons. The monoisotopic (exact) mass is 546 g/mol. The van der Waals surface area contributed by atoms with Gasteiger partial charge >= 0.3 is 0 Å². The summed E-state index contributed by atoms with van der Waals surface area (Å²) in [5.41, 5.74) is 1.81. The lowest BCUT2D eigenvalue weighted by Gasteiger charge is -2.39. The maximum absolute atomic E-state index is 14.0. The molecular formula is C29H27FN4O4S. The van der Waals surface area contributed by atoms with Crippen LogP contribution in [0.15, 0.2) is 83.8 Å². The first kappa shape index (κ1) is 26.7. The number of hydrogen-bond acceptors (Lipinski definition) is 6. The molecule has 1 unspecified atom stereocenters. The smallest absolute Gasteiger partial charge is 0.252 e. The average molecular weight is 547 g/mol. The summed E-state index contributed by atoms with van der Waals surface area (Å²) in [4.78, 5) is 29.8. The van der Waals surface area contributed by atoms with Crippen molar-refractivity contribution < 1.29 is 22.4 Å². The molecule has 0 saturated carbocycles. The Balaban J connectivity index is 1.44. The van der Waals surface area contributed by atoms with Crippen LogP contribution < -0.4 is 4.90 Å². The number of likely N-dealkylation sites (tertiary alicyclic amines) is 1. The molecule has 10 heteroatoms. The van der Waals surface area contributed by atoms with Crippen LogP contribution in [0, 0.1) is 17.1 Å². The minimum atomic E-state index is -4.24. The summed E-state index contributed by atoms with van der Waals surface area (Å²) < 4.78 is 42.7. The van der Waals surface area contributed by atoms with Crippen molar-refractivity contribution in [2.24, 2.45) is 0 Å². The lowest BCUT2D eigenvalue weighted by Crippen LogP contribution is -2.53. The van der Waals surface area contributed by atoms with Crippen LogP contribution in [0.3, 0.4) is 0 Å². The number of piperidine rings is 1. The minimum Gasteiger partial charge on any atom is -0.299 e. The summed E-state index contributed by atoms with van der Waals surface area (Å²) in [6.45, 7) is 1.96. The number of amides is 2. The molecule has 2 heterocycles. The van der Waals surface area contributed by atoms with E-state index in [2.05, 4.69) is 4.90 Å². The second kappa shape index (κ2) is 11.1. The minimum absolute atomic E-state index is 0.132. The van der Waals surface area contributed by atoms with Gasteiger partial charge in [0, 0.05) is 25.7 Å². The molecule has 2 aliphatic heterocycles. The second-order valence-electron chi connectivity index (χ2n) is 9.73. The third-order valence-electron chi connectivity index (χ3n) is 7.24. The lowest BCUT2D eigenvalue weighted by atomic mass is 10.0. The van der Waals surface area contributed by atoms with Crippen molar-refractivity contribution in [2.75, 3.05) is 18.0 Å². The Bertz CT molecular complexity index is 1500. The van der Waals surface area contributed by atoms with Gasteiger partial charge in [-0.15, -0.1) is 0 Å². The average Bonchev–Trinajstić information content (AvgIpc) is 3.23. The van der Waals surface area contributed by atoms with Gasteiger partial charge in [-0.25, -0.2) is 17.7 Å². The molecular weight excluding hydrogens is 519 g/mol. The van der Waals surface area contributed by atoms with Crippen LogP contribution in [0.5, 0.6) is 0 Å². The molecule has 8 nitrogen and oxygen atoms in total. The Morgan fingerprint density at radius 2 is 1.56 bits per heavy atom. The number of anilines is 1. The molecule has 39 heavy (non-hydrogen) atoms. The quantitative estimate of drug-likeness (QED) is 0.419. The highest BCUT2D eigenvalue weighted by molar-refractivity contribution is 7.89. The van der Waals surface area contributed by atoms with Crippen molar-refractivity contribution in [3.05, 3.63) is 95.8 Å². The largest absolute Gasteiger partial charge is 0.299 e. The fraction of sp³-hybridized carbons (Fsp3) is 0.276. The third kappa shape index (κ3) is 5.47. The second-order valence-corrected chi connectivity index (χ2v) is 11.6. The Morgan fingerprint density at radius 3 is 2.18 bits per heavy atom. The number of carbonyl (C=O) groups excluding carboxylic acids is 2. The summed E-state index contributed by atoms with van der Waals surface area (Å²) in [6, 6.07) is 20.7. The van der Waals surface area contributed by atoms with E-state index in [1.165, 1.54) is 40.7 Å². The molecule has 2 aliphatic rings. The van der Waals surface area contributed by atoms with E-state index in [0.29, 0.717) is 31.5 Å². The van der Waals surface area contributed by atoms with Gasteiger partial charge in [0.05, 0.1) is 28.6 Å². The first-order valence-corrected chi connectivity index (χ1v) is 14.1. The number of nitriles is 1. The van der Waals surface area contributed by atoms with Crippen molar-refractivity contribution in [3.63, 3.8) is 0 Å². The number of halogens is 1. The number of imide groups is 1. The number of nitrogens with zero attached hydrogens (tertiary/aromatic N) is 4. The van der Waals surface area contributed by atoms with Crippen LogP contribution in [-0.2, 0) is 26.2 Å². The first-order chi connectivity index (χ1) is 18.8. The molecule has 0 spiro atoms. The Hall–Kier alpha value is -3.91. The van der Waals surface area contributed by atoms with Crippen LogP contribution in [0.1, 0.15) is 30.4 Å². The molecule has 2 amide bonds. The number of benzene rings is 3. The van der Waals surface area contributed by atoms with Crippen molar-refractivity contribution >= 4 is 27.5 Å². The molecule has 0 aromatic heterocycles. The molecule has 2 fully saturated rings. The van der Waals surface area contributed by atoms with Gasteiger partial charge in [0.15, 0.2) is 0 Å². The fourth-order valence-corrected chi connectivity index (χ4v) is 7.12. The predicted molar refractivity (Wildman–Crippen MR) is 142 cm³/mol. The molecule has 5 rings (SSSR count). The number of sulfonamides is 1. The normalized spacial score (nSPS) is 19.0. The zero-order valence-corrected chi connectivity index (χ0v) is 21.9. The molecule has 0 N–H and O–H groups in total. The molecule has 0 aliphatic carbocycles. The topological polar surface area (TPSA) is 102 Å². The van der Waals surface area contributed by atoms with Crippen LogP contribution in [0.2, 0.25) is 0 Å². The van der Waals surface area contributed by atoms with Gasteiger partial charge in [0.1, 0.15) is 11.9 Å². The van der Waals surface area contributed by atoms with Crippen molar-refractivity contribution in [1.82, 2.24) is 9.21 Å². The highest BCUT2D eigenvalue weighted by Crippen LogP contribution is 2.34.